The third-order valence-electron chi connectivity index (χ3n) is 4.98. The molecule has 1 aromatic carbocycles. The monoisotopic (exact) mass is 324 g/mol. The molecule has 2 heterocycles. The van der Waals surface area contributed by atoms with E-state index in [1.165, 1.54) is 11.8 Å². The Kier molecular flexibility index (Phi) is 3.84. The smallest absolute Gasteiger partial charge is 0.289 e. The van der Waals surface area contributed by atoms with Crippen LogP contribution in [0.3, 0.4) is 0 Å². The van der Waals surface area contributed by atoms with Crippen LogP contribution in [0.15, 0.2) is 41.0 Å². The van der Waals surface area contributed by atoms with Gasteiger partial charge in [-0.2, -0.15) is 0 Å². The number of amides is 2. The minimum Gasteiger partial charge on any atom is -0.459 e. The van der Waals surface area contributed by atoms with Crippen molar-refractivity contribution >= 4 is 17.5 Å². The molecule has 24 heavy (non-hydrogen) atoms. The van der Waals surface area contributed by atoms with Gasteiger partial charge in [-0.15, -0.1) is 0 Å². The first-order chi connectivity index (χ1) is 11.7. The van der Waals surface area contributed by atoms with Crippen LogP contribution >= 0.6 is 0 Å². The SMILES string of the molecule is O=C(Nc1ccc2c(c1)CN(C(=O)c1ccco1)CC2)C1CCC1. The molecule has 0 saturated heterocycles. The summed E-state index contributed by atoms with van der Waals surface area (Å²) in [5, 5.41) is 3.00. The number of fused-ring (bicyclic) bond motifs is 1. The van der Waals surface area contributed by atoms with E-state index in [-0.39, 0.29) is 17.7 Å². The van der Waals surface area contributed by atoms with E-state index in [0.717, 1.165) is 36.9 Å². The Balaban J connectivity index is 1.48. The molecule has 1 aliphatic carbocycles. The molecule has 2 aromatic rings. The Hall–Kier alpha value is -2.56. The zero-order valence-electron chi connectivity index (χ0n) is 13.5. The summed E-state index contributed by atoms with van der Waals surface area (Å²) in [7, 11) is 0. The Morgan fingerprint density at radius 1 is 1.17 bits per heavy atom. The fraction of sp³-hybridized carbons (Fsp3) is 0.368. The second kappa shape index (κ2) is 6.15. The van der Waals surface area contributed by atoms with Gasteiger partial charge in [-0.1, -0.05) is 12.5 Å². The van der Waals surface area contributed by atoms with E-state index in [2.05, 4.69) is 11.4 Å². The van der Waals surface area contributed by atoms with Gasteiger partial charge in [0.25, 0.3) is 5.91 Å². The number of furan rings is 1. The highest BCUT2D eigenvalue weighted by atomic mass is 16.3. The molecule has 0 radical (unpaired) electrons. The maximum Gasteiger partial charge on any atom is 0.289 e. The van der Waals surface area contributed by atoms with Gasteiger partial charge in [0.15, 0.2) is 5.76 Å². The van der Waals surface area contributed by atoms with Crippen LogP contribution in [-0.2, 0) is 17.8 Å². The van der Waals surface area contributed by atoms with Gasteiger partial charge in [-0.3, -0.25) is 9.59 Å². The highest BCUT2D eigenvalue weighted by molar-refractivity contribution is 5.93. The largest absolute Gasteiger partial charge is 0.459 e. The normalized spacial score (nSPS) is 17.1. The van der Waals surface area contributed by atoms with Gasteiger partial charge in [0.05, 0.1) is 6.26 Å². The van der Waals surface area contributed by atoms with Gasteiger partial charge in [-0.05, 0) is 54.7 Å². The molecule has 0 unspecified atom stereocenters. The number of carbonyl (C=O) groups excluding carboxylic acids is 2. The molecule has 0 bridgehead atoms. The molecule has 0 spiro atoms. The lowest BCUT2D eigenvalue weighted by atomic mass is 9.85. The molecule has 1 aliphatic heterocycles. The van der Waals surface area contributed by atoms with Crippen molar-refractivity contribution in [3.63, 3.8) is 0 Å². The van der Waals surface area contributed by atoms with Crippen LogP contribution < -0.4 is 5.32 Å². The summed E-state index contributed by atoms with van der Waals surface area (Å²) in [5.41, 5.74) is 3.14. The Morgan fingerprint density at radius 2 is 2.04 bits per heavy atom. The first-order valence-electron chi connectivity index (χ1n) is 8.46. The zero-order valence-corrected chi connectivity index (χ0v) is 13.5. The fourth-order valence-corrected chi connectivity index (χ4v) is 3.28. The maximum absolute atomic E-state index is 12.4. The van der Waals surface area contributed by atoms with E-state index in [1.54, 1.807) is 17.0 Å². The Morgan fingerprint density at radius 3 is 2.75 bits per heavy atom. The second-order valence-corrected chi connectivity index (χ2v) is 6.55. The topological polar surface area (TPSA) is 62.6 Å². The quantitative estimate of drug-likeness (QED) is 0.943. The van der Waals surface area contributed by atoms with Crippen molar-refractivity contribution in [3.05, 3.63) is 53.5 Å². The van der Waals surface area contributed by atoms with E-state index in [4.69, 9.17) is 4.42 Å². The molecule has 4 rings (SSSR count). The van der Waals surface area contributed by atoms with E-state index in [0.29, 0.717) is 18.8 Å². The Labute approximate surface area is 140 Å². The lowest BCUT2D eigenvalue weighted by Gasteiger charge is -2.29. The predicted molar refractivity (Wildman–Crippen MR) is 89.6 cm³/mol. The van der Waals surface area contributed by atoms with Gasteiger partial charge in [0, 0.05) is 24.7 Å². The lowest BCUT2D eigenvalue weighted by Crippen LogP contribution is -2.35. The molecular formula is C19H20N2O3. The van der Waals surface area contributed by atoms with Crippen molar-refractivity contribution in [3.8, 4) is 0 Å². The molecule has 1 saturated carbocycles. The number of benzene rings is 1. The highest BCUT2D eigenvalue weighted by Gasteiger charge is 2.26. The van der Waals surface area contributed by atoms with E-state index >= 15 is 0 Å². The van der Waals surface area contributed by atoms with Crippen molar-refractivity contribution in [1.82, 2.24) is 4.90 Å². The standard InChI is InChI=1S/C19H20N2O3/c22-18(14-3-1-4-14)20-16-7-6-13-8-9-21(12-15(13)11-16)19(23)17-5-2-10-24-17/h2,5-7,10-11,14H,1,3-4,8-9,12H2,(H,20,22). The minimum absolute atomic E-state index is 0.0884. The first-order valence-corrected chi connectivity index (χ1v) is 8.46. The molecule has 1 N–H and O–H groups in total. The summed E-state index contributed by atoms with van der Waals surface area (Å²) >= 11 is 0. The van der Waals surface area contributed by atoms with Crippen molar-refractivity contribution < 1.29 is 14.0 Å². The van der Waals surface area contributed by atoms with Crippen LogP contribution in [0.1, 0.15) is 40.9 Å². The van der Waals surface area contributed by atoms with Crippen LogP contribution in [-0.4, -0.2) is 23.3 Å². The number of anilines is 1. The fourth-order valence-electron chi connectivity index (χ4n) is 3.28. The van der Waals surface area contributed by atoms with E-state index in [1.807, 2.05) is 12.1 Å². The summed E-state index contributed by atoms with van der Waals surface area (Å²) in [5.74, 6) is 0.557. The highest BCUT2D eigenvalue weighted by Crippen LogP contribution is 2.29. The molecule has 5 heteroatoms. The van der Waals surface area contributed by atoms with E-state index in [9.17, 15) is 9.59 Å². The number of nitrogens with zero attached hydrogens (tertiary/aromatic N) is 1. The maximum atomic E-state index is 12.4. The molecule has 5 nitrogen and oxygen atoms in total. The third-order valence-corrected chi connectivity index (χ3v) is 4.98. The van der Waals surface area contributed by atoms with Crippen LogP contribution in [0, 0.1) is 5.92 Å². The van der Waals surface area contributed by atoms with Crippen molar-refractivity contribution in [1.29, 1.82) is 0 Å². The van der Waals surface area contributed by atoms with Crippen molar-refractivity contribution in [2.45, 2.75) is 32.2 Å². The predicted octanol–water partition coefficient (Wildman–Crippen LogP) is 3.22. The number of carbonyl (C=O) groups is 2. The van der Waals surface area contributed by atoms with Crippen LogP contribution in [0.25, 0.3) is 0 Å². The summed E-state index contributed by atoms with van der Waals surface area (Å²) in [6, 6.07) is 9.42. The summed E-state index contributed by atoms with van der Waals surface area (Å²) in [6.07, 6.45) is 5.45. The van der Waals surface area contributed by atoms with Gasteiger partial charge >= 0.3 is 0 Å². The second-order valence-electron chi connectivity index (χ2n) is 6.55. The number of rotatable bonds is 3. The summed E-state index contributed by atoms with van der Waals surface area (Å²) in [6.45, 7) is 1.22. The molecule has 2 amide bonds. The van der Waals surface area contributed by atoms with Gasteiger partial charge < -0.3 is 14.6 Å². The number of hydrogen-bond donors (Lipinski definition) is 1. The number of hydrogen-bond acceptors (Lipinski definition) is 3. The van der Waals surface area contributed by atoms with Crippen LogP contribution in [0.2, 0.25) is 0 Å². The molecule has 1 aromatic heterocycles. The van der Waals surface area contributed by atoms with Gasteiger partial charge in [0.1, 0.15) is 0 Å². The average Bonchev–Trinajstić information content (AvgIpc) is 3.06. The zero-order chi connectivity index (χ0) is 16.5. The summed E-state index contributed by atoms with van der Waals surface area (Å²) in [4.78, 5) is 26.3. The summed E-state index contributed by atoms with van der Waals surface area (Å²) < 4.78 is 5.21. The van der Waals surface area contributed by atoms with Gasteiger partial charge in [0.2, 0.25) is 5.91 Å². The molecular weight excluding hydrogens is 304 g/mol. The minimum atomic E-state index is -0.0884. The Bertz CT molecular complexity index is 763. The lowest BCUT2D eigenvalue weighted by molar-refractivity contribution is -0.122. The third kappa shape index (κ3) is 2.82. The van der Waals surface area contributed by atoms with Crippen molar-refractivity contribution in [2.75, 3.05) is 11.9 Å². The van der Waals surface area contributed by atoms with Gasteiger partial charge in [-0.25, -0.2) is 0 Å². The number of nitrogens with one attached hydrogen (secondary N) is 1. The molecule has 0 atom stereocenters. The first kappa shape index (κ1) is 15.0. The van der Waals surface area contributed by atoms with Crippen LogP contribution in [0.5, 0.6) is 0 Å². The molecule has 124 valence electrons. The molecule has 2 aliphatic rings. The van der Waals surface area contributed by atoms with Crippen LogP contribution in [0.4, 0.5) is 5.69 Å². The average molecular weight is 324 g/mol. The van der Waals surface area contributed by atoms with Crippen molar-refractivity contribution in [2.24, 2.45) is 5.92 Å². The van der Waals surface area contributed by atoms with E-state index < -0.39 is 0 Å². The molecule has 1 fully saturated rings.